The van der Waals surface area contributed by atoms with Crippen molar-refractivity contribution in [2.45, 2.75) is 6.42 Å². The Morgan fingerprint density at radius 1 is 1.26 bits per heavy atom. The van der Waals surface area contributed by atoms with Gasteiger partial charge in [0.25, 0.3) is 5.56 Å². The summed E-state index contributed by atoms with van der Waals surface area (Å²) < 4.78 is 27.7. The Bertz CT molecular complexity index is 977. The second kappa shape index (κ2) is 5.88. The Morgan fingerprint density at radius 3 is 2.74 bits per heavy atom. The van der Waals surface area contributed by atoms with E-state index in [1.54, 1.807) is 0 Å². The number of benzene rings is 1. The molecule has 0 atom stereocenters. The molecule has 3 aromatic rings. The maximum Gasteiger partial charge on any atom is 0.274 e. The van der Waals surface area contributed by atoms with Crippen LogP contribution in [0.5, 0.6) is 0 Å². The Hall–Kier alpha value is -2.61. The van der Waals surface area contributed by atoms with E-state index in [4.69, 9.17) is 0 Å². The van der Waals surface area contributed by atoms with E-state index in [1.165, 1.54) is 34.5 Å². The van der Waals surface area contributed by atoms with Crippen LogP contribution in [-0.2, 0) is 16.4 Å². The lowest BCUT2D eigenvalue weighted by Gasteiger charge is -2.20. The van der Waals surface area contributed by atoms with Gasteiger partial charge in [0.2, 0.25) is 10.0 Å². The molecule has 23 heavy (non-hydrogen) atoms. The summed E-state index contributed by atoms with van der Waals surface area (Å²) in [7, 11) is -2.07. The molecule has 0 amide bonds. The molecule has 1 aromatic carbocycles. The molecule has 0 saturated heterocycles. The fraction of sp³-hybridized carbons (Fsp3) is 0.200. The summed E-state index contributed by atoms with van der Waals surface area (Å²) in [6, 6.07) is 9.43. The van der Waals surface area contributed by atoms with Crippen molar-refractivity contribution in [1.82, 2.24) is 14.4 Å². The molecular formula is C15H16N4O3S. The number of anilines is 1. The van der Waals surface area contributed by atoms with Gasteiger partial charge in [0, 0.05) is 13.2 Å². The summed E-state index contributed by atoms with van der Waals surface area (Å²) in [6.07, 6.45) is 4.61. The fourth-order valence-electron chi connectivity index (χ4n) is 2.33. The Kier molecular flexibility index (Phi) is 3.91. The van der Waals surface area contributed by atoms with Crippen LogP contribution in [0, 0.1) is 0 Å². The number of H-pyrrole nitrogens is 1. The minimum atomic E-state index is -3.53. The van der Waals surface area contributed by atoms with Crippen LogP contribution in [0.3, 0.4) is 0 Å². The number of fused-ring (bicyclic) bond motifs is 1. The molecule has 3 rings (SSSR count). The lowest BCUT2D eigenvalue weighted by molar-refractivity contribution is 0.593. The number of rotatable bonds is 5. The summed E-state index contributed by atoms with van der Waals surface area (Å²) >= 11 is 0. The van der Waals surface area contributed by atoms with Crippen LogP contribution in [0.4, 0.5) is 5.82 Å². The second-order valence-corrected chi connectivity index (χ2v) is 7.26. The molecule has 7 nitrogen and oxygen atoms in total. The molecule has 0 aliphatic heterocycles. The first kappa shape index (κ1) is 15.3. The molecule has 2 heterocycles. The zero-order valence-electron chi connectivity index (χ0n) is 12.5. The van der Waals surface area contributed by atoms with E-state index in [2.05, 4.69) is 9.97 Å². The molecule has 1 N–H and O–H groups in total. The maximum absolute atomic E-state index is 12.6. The van der Waals surface area contributed by atoms with Gasteiger partial charge in [0.05, 0.1) is 11.9 Å². The number of hydrogen-bond donors (Lipinski definition) is 1. The molecule has 0 spiro atoms. The van der Waals surface area contributed by atoms with E-state index >= 15 is 0 Å². The third-order valence-electron chi connectivity index (χ3n) is 3.68. The zero-order valence-corrected chi connectivity index (χ0v) is 13.3. The van der Waals surface area contributed by atoms with Crippen molar-refractivity contribution in [3.63, 3.8) is 0 Å². The number of sulfonamides is 1. The van der Waals surface area contributed by atoms with Gasteiger partial charge in [-0.15, -0.1) is 0 Å². The normalized spacial score (nSPS) is 11.7. The second-order valence-electron chi connectivity index (χ2n) is 5.14. The standard InChI is InChI=1S/C15H16N4O3S/c1-18(14-10-17-15(20)13-9-16-11-19(13)14)23(21,22)8-7-12-5-3-2-4-6-12/h2-6,9-11H,7-8H2,1H3,(H,17,20). The summed E-state index contributed by atoms with van der Waals surface area (Å²) in [5.41, 5.74) is 0.938. The zero-order chi connectivity index (χ0) is 16.4. The highest BCUT2D eigenvalue weighted by Gasteiger charge is 2.21. The highest BCUT2D eigenvalue weighted by atomic mass is 32.2. The number of imidazole rings is 1. The number of nitrogens with one attached hydrogen (secondary N) is 1. The van der Waals surface area contributed by atoms with Crippen LogP contribution < -0.4 is 9.86 Å². The molecule has 0 radical (unpaired) electrons. The van der Waals surface area contributed by atoms with Gasteiger partial charge in [-0.05, 0) is 12.0 Å². The van der Waals surface area contributed by atoms with Crippen molar-refractivity contribution in [1.29, 1.82) is 0 Å². The number of aryl methyl sites for hydroxylation is 1. The van der Waals surface area contributed by atoms with Crippen LogP contribution in [0.2, 0.25) is 0 Å². The Labute approximate surface area is 133 Å². The van der Waals surface area contributed by atoms with Crippen molar-refractivity contribution in [2.24, 2.45) is 0 Å². The topological polar surface area (TPSA) is 87.5 Å². The SMILES string of the molecule is CN(c1c[nH]c(=O)c2cncn12)S(=O)(=O)CCc1ccccc1. The molecular weight excluding hydrogens is 316 g/mol. The monoisotopic (exact) mass is 332 g/mol. The first-order valence-electron chi connectivity index (χ1n) is 7.03. The largest absolute Gasteiger partial charge is 0.324 e. The highest BCUT2D eigenvalue weighted by molar-refractivity contribution is 7.92. The van der Waals surface area contributed by atoms with Gasteiger partial charge >= 0.3 is 0 Å². The first-order valence-corrected chi connectivity index (χ1v) is 8.64. The van der Waals surface area contributed by atoms with Crippen LogP contribution in [-0.4, -0.2) is 35.6 Å². The predicted molar refractivity (Wildman–Crippen MR) is 88.1 cm³/mol. The van der Waals surface area contributed by atoms with Gasteiger partial charge in [-0.25, -0.2) is 13.4 Å². The van der Waals surface area contributed by atoms with Gasteiger partial charge in [-0.3, -0.25) is 13.5 Å². The number of nitrogens with zero attached hydrogens (tertiary/aromatic N) is 3. The predicted octanol–water partition coefficient (Wildman–Crippen LogP) is 1.03. The summed E-state index contributed by atoms with van der Waals surface area (Å²) in [4.78, 5) is 18.1. The van der Waals surface area contributed by atoms with Crippen molar-refractivity contribution in [3.8, 4) is 0 Å². The van der Waals surface area contributed by atoms with E-state index in [0.717, 1.165) is 5.56 Å². The van der Waals surface area contributed by atoms with E-state index in [9.17, 15) is 13.2 Å². The van der Waals surface area contributed by atoms with Crippen molar-refractivity contribution < 1.29 is 8.42 Å². The van der Waals surface area contributed by atoms with Crippen LogP contribution >= 0.6 is 0 Å². The minimum absolute atomic E-state index is 0.0250. The van der Waals surface area contributed by atoms with Gasteiger partial charge in [0.1, 0.15) is 17.7 Å². The van der Waals surface area contributed by atoms with E-state index in [1.807, 2.05) is 30.3 Å². The third-order valence-corrected chi connectivity index (χ3v) is 5.42. The first-order chi connectivity index (χ1) is 11.0. The molecule has 0 saturated carbocycles. The van der Waals surface area contributed by atoms with Gasteiger partial charge in [0.15, 0.2) is 0 Å². The smallest absolute Gasteiger partial charge is 0.274 e. The van der Waals surface area contributed by atoms with Crippen LogP contribution in [0.25, 0.3) is 5.52 Å². The number of hydrogen-bond acceptors (Lipinski definition) is 4. The highest BCUT2D eigenvalue weighted by Crippen LogP contribution is 2.16. The van der Waals surface area contributed by atoms with Crippen LogP contribution in [0.15, 0.2) is 53.8 Å². The van der Waals surface area contributed by atoms with Crippen molar-refractivity contribution in [2.75, 3.05) is 17.1 Å². The van der Waals surface area contributed by atoms with Crippen molar-refractivity contribution >= 4 is 21.4 Å². The lowest BCUT2D eigenvalue weighted by atomic mass is 10.2. The summed E-state index contributed by atoms with van der Waals surface area (Å²) in [5.74, 6) is 0.313. The molecule has 0 unspecified atom stereocenters. The average molecular weight is 332 g/mol. The quantitative estimate of drug-likeness (QED) is 0.756. The molecule has 0 bridgehead atoms. The van der Waals surface area contributed by atoms with Gasteiger partial charge in [-0.1, -0.05) is 30.3 Å². The van der Waals surface area contributed by atoms with Crippen molar-refractivity contribution in [3.05, 3.63) is 65.0 Å². The van der Waals surface area contributed by atoms with Gasteiger partial charge in [-0.2, -0.15) is 0 Å². The van der Waals surface area contributed by atoms with E-state index in [-0.39, 0.29) is 11.3 Å². The molecule has 0 aliphatic rings. The van der Waals surface area contributed by atoms with Crippen LogP contribution in [0.1, 0.15) is 5.56 Å². The van der Waals surface area contributed by atoms with E-state index < -0.39 is 10.0 Å². The van der Waals surface area contributed by atoms with E-state index in [0.29, 0.717) is 17.8 Å². The van der Waals surface area contributed by atoms with Gasteiger partial charge < -0.3 is 4.98 Å². The average Bonchev–Trinajstić information content (AvgIpc) is 3.04. The molecule has 120 valence electrons. The molecule has 8 heteroatoms. The molecule has 0 fully saturated rings. The molecule has 2 aromatic heterocycles. The maximum atomic E-state index is 12.6. The number of aromatic nitrogens is 3. The fourth-order valence-corrected chi connectivity index (χ4v) is 3.53. The lowest BCUT2D eigenvalue weighted by Crippen LogP contribution is -2.32. The summed E-state index contributed by atoms with van der Waals surface area (Å²) in [5, 5.41) is 0. The third kappa shape index (κ3) is 2.98. The molecule has 0 aliphatic carbocycles. The number of aromatic amines is 1. The Morgan fingerprint density at radius 2 is 2.00 bits per heavy atom. The Balaban J connectivity index is 1.88. The summed E-state index contributed by atoms with van der Waals surface area (Å²) in [6.45, 7) is 0. The minimum Gasteiger partial charge on any atom is -0.324 e.